The summed E-state index contributed by atoms with van der Waals surface area (Å²) < 4.78 is 39.8. The van der Waals surface area contributed by atoms with Gasteiger partial charge in [0.1, 0.15) is 22.9 Å². The smallest absolute Gasteiger partial charge is 0.345 e. The Morgan fingerprint density at radius 2 is 2.00 bits per heavy atom. The lowest BCUT2D eigenvalue weighted by Crippen LogP contribution is -2.21. The molecule has 1 atom stereocenters. The number of ether oxygens (including phenoxy) is 1. The topological polar surface area (TPSA) is 108 Å². The number of para-hydroxylation sites is 1. The van der Waals surface area contributed by atoms with E-state index in [1.807, 2.05) is 0 Å². The number of carbonyl (C=O) groups excluding carboxylic acids is 1. The molecule has 1 aromatic heterocycles. The zero-order valence-corrected chi connectivity index (χ0v) is 18.6. The van der Waals surface area contributed by atoms with Crippen molar-refractivity contribution >= 4 is 52.6 Å². The molecule has 0 aliphatic rings. The predicted octanol–water partition coefficient (Wildman–Crippen LogP) is 4.30. The van der Waals surface area contributed by atoms with Crippen LogP contribution in [0, 0.1) is 5.82 Å². The molecule has 2 aromatic carbocycles. The predicted molar refractivity (Wildman–Crippen MR) is 118 cm³/mol. The van der Waals surface area contributed by atoms with Crippen molar-refractivity contribution in [3.05, 3.63) is 58.7 Å². The first-order chi connectivity index (χ1) is 15.2. The molecule has 0 spiro atoms. The Morgan fingerprint density at radius 1 is 1.25 bits per heavy atom. The molecule has 3 rings (SSSR count). The minimum atomic E-state index is -3.06. The number of carboxylic acid groups (broad SMARTS) is 1. The van der Waals surface area contributed by atoms with E-state index < -0.39 is 31.3 Å². The van der Waals surface area contributed by atoms with Crippen LogP contribution in [0.25, 0.3) is 10.1 Å². The van der Waals surface area contributed by atoms with Gasteiger partial charge in [0, 0.05) is 4.70 Å². The highest BCUT2D eigenvalue weighted by atomic mass is 32.1. The molecule has 3 aromatic rings. The molecule has 168 valence electrons. The zero-order chi connectivity index (χ0) is 23.4. The molecular weight excluding hydrogens is 463 g/mol. The lowest BCUT2D eigenvalue weighted by Gasteiger charge is -2.12. The molecule has 0 bridgehead atoms. The van der Waals surface area contributed by atoms with E-state index in [4.69, 9.17) is 14.4 Å². The van der Waals surface area contributed by atoms with Gasteiger partial charge < -0.3 is 20.1 Å². The Kier molecular flexibility index (Phi) is 7.40. The number of carbonyl (C=O) groups is 2. The van der Waals surface area contributed by atoms with Gasteiger partial charge in [-0.05, 0) is 55.6 Å². The van der Waals surface area contributed by atoms with Crippen LogP contribution in [0.1, 0.15) is 29.1 Å². The van der Waals surface area contributed by atoms with Gasteiger partial charge in [-0.2, -0.15) is 4.39 Å². The van der Waals surface area contributed by atoms with Crippen molar-refractivity contribution in [2.45, 2.75) is 20.0 Å². The van der Waals surface area contributed by atoms with Gasteiger partial charge in [0.05, 0.1) is 11.7 Å². The highest BCUT2D eigenvalue weighted by molar-refractivity contribution is 7.47. The van der Waals surface area contributed by atoms with Gasteiger partial charge in [-0.25, -0.2) is 9.18 Å². The van der Waals surface area contributed by atoms with Crippen LogP contribution in [0.5, 0.6) is 5.75 Å². The van der Waals surface area contributed by atoms with E-state index in [2.05, 4.69) is 5.32 Å². The number of hydrogen-bond donors (Lipinski definition) is 2. The van der Waals surface area contributed by atoms with Crippen LogP contribution in [0.15, 0.2) is 42.5 Å². The summed E-state index contributed by atoms with van der Waals surface area (Å²) in [6.07, 6.45) is -0.356. The number of anilines is 1. The molecule has 0 saturated carbocycles. The maximum absolute atomic E-state index is 14.8. The Labute approximate surface area is 186 Å². The van der Waals surface area contributed by atoms with Crippen molar-refractivity contribution < 1.29 is 37.6 Å². The maximum atomic E-state index is 14.8. The molecule has 0 aliphatic heterocycles. The van der Waals surface area contributed by atoms with Gasteiger partial charge in [0.25, 0.3) is 0 Å². The summed E-state index contributed by atoms with van der Waals surface area (Å²) >= 11 is 1.03. The number of nitrogens with one attached hydrogen (secondary N) is 1. The van der Waals surface area contributed by atoms with Crippen molar-refractivity contribution in [3.8, 4) is 5.75 Å². The van der Waals surface area contributed by atoms with Crippen LogP contribution in [0.3, 0.4) is 0 Å². The van der Waals surface area contributed by atoms with E-state index in [9.17, 15) is 23.3 Å². The second-order valence-electron chi connectivity index (χ2n) is 6.81. The van der Waals surface area contributed by atoms with E-state index in [0.29, 0.717) is 10.1 Å². The third kappa shape index (κ3) is 5.59. The summed E-state index contributed by atoms with van der Waals surface area (Å²) in [6, 6.07) is 9.27. The molecule has 1 unspecified atom stereocenters. The van der Waals surface area contributed by atoms with E-state index >= 15 is 0 Å². The van der Waals surface area contributed by atoms with Gasteiger partial charge in [0.2, 0.25) is 5.75 Å². The Morgan fingerprint density at radius 3 is 2.69 bits per heavy atom. The Hall–Kier alpha value is -3.07. The third-order valence-electron chi connectivity index (χ3n) is 4.06. The maximum Gasteiger partial charge on any atom is 0.345 e. The SMILES string of the molecule is CC(C)OC(=O)CNc1c(F)cccc1O/[P+]([O-])=C(\F)c1ccc2sc(C(=O)O)cc2c1. The summed E-state index contributed by atoms with van der Waals surface area (Å²) in [5.41, 5.74) is -1.41. The molecular formula is C21H18F2NO6PS. The molecule has 1 heterocycles. The summed E-state index contributed by atoms with van der Waals surface area (Å²) in [5, 5.41) is 12.1. The van der Waals surface area contributed by atoms with E-state index in [1.54, 1.807) is 13.8 Å². The number of halogens is 2. The third-order valence-corrected chi connectivity index (χ3v) is 6.10. The summed E-state index contributed by atoms with van der Waals surface area (Å²) in [4.78, 5) is 35.4. The van der Waals surface area contributed by atoms with Crippen LogP contribution in [0.4, 0.5) is 14.5 Å². The van der Waals surface area contributed by atoms with Crippen LogP contribution < -0.4 is 14.7 Å². The highest BCUT2D eigenvalue weighted by Crippen LogP contribution is 2.35. The molecule has 0 saturated heterocycles. The molecule has 0 aliphatic carbocycles. The molecule has 0 fully saturated rings. The number of benzene rings is 2. The molecule has 11 heteroatoms. The summed E-state index contributed by atoms with van der Waals surface area (Å²) in [5.74, 6) is -2.77. The highest BCUT2D eigenvalue weighted by Gasteiger charge is 2.21. The van der Waals surface area contributed by atoms with Crippen molar-refractivity contribution in [2.24, 2.45) is 0 Å². The molecule has 0 radical (unpaired) electrons. The minimum Gasteiger partial charge on any atom is -0.593 e. The number of carboxylic acids is 1. The first-order valence-electron chi connectivity index (χ1n) is 9.32. The van der Waals surface area contributed by atoms with Crippen LogP contribution >= 0.6 is 19.3 Å². The lowest BCUT2D eigenvalue weighted by atomic mass is 10.2. The Balaban J connectivity index is 1.84. The summed E-state index contributed by atoms with van der Waals surface area (Å²) in [6.45, 7) is 2.95. The fraction of sp³-hybridized carbons (Fsp3) is 0.190. The number of hydrogen-bond acceptors (Lipinski definition) is 7. The van der Waals surface area contributed by atoms with Gasteiger partial charge in [0.15, 0.2) is 0 Å². The van der Waals surface area contributed by atoms with Crippen molar-refractivity contribution in [1.82, 2.24) is 0 Å². The largest absolute Gasteiger partial charge is 0.593 e. The number of fused-ring (bicyclic) bond motifs is 1. The van der Waals surface area contributed by atoms with Gasteiger partial charge in [-0.15, -0.1) is 11.3 Å². The minimum absolute atomic E-state index is 0.0558. The fourth-order valence-electron chi connectivity index (χ4n) is 2.73. The summed E-state index contributed by atoms with van der Waals surface area (Å²) in [7, 11) is -3.06. The normalized spacial score (nSPS) is 11.9. The zero-order valence-electron chi connectivity index (χ0n) is 16.9. The second-order valence-corrected chi connectivity index (χ2v) is 8.99. The van der Waals surface area contributed by atoms with Crippen molar-refractivity contribution in [2.75, 3.05) is 11.9 Å². The van der Waals surface area contributed by atoms with Crippen LogP contribution in [-0.2, 0) is 9.53 Å². The van der Waals surface area contributed by atoms with Crippen molar-refractivity contribution in [3.63, 3.8) is 0 Å². The van der Waals surface area contributed by atoms with Gasteiger partial charge in [-0.3, -0.25) is 9.32 Å². The van der Waals surface area contributed by atoms with E-state index in [1.165, 1.54) is 36.4 Å². The van der Waals surface area contributed by atoms with Crippen molar-refractivity contribution in [1.29, 1.82) is 0 Å². The lowest BCUT2D eigenvalue weighted by molar-refractivity contribution is -0.166. The Bertz CT molecular complexity index is 1210. The molecule has 32 heavy (non-hydrogen) atoms. The standard InChI is InChI=1S/C21H18F2NO6PS/c1-11(2)29-18(25)10-24-19-14(22)4-3-5-15(19)30-31(28)20(23)12-6-7-16-13(8-12)9-17(32-16)21(26)27/h3-9,11,24H,10H2,1-2H3,(H,26,27). The number of thiophene rings is 1. The first-order valence-corrected chi connectivity index (χ1v) is 11.3. The monoisotopic (exact) mass is 481 g/mol. The van der Waals surface area contributed by atoms with Crippen LogP contribution in [0.2, 0.25) is 0 Å². The van der Waals surface area contributed by atoms with Gasteiger partial charge >= 0.3 is 25.5 Å². The van der Waals surface area contributed by atoms with Gasteiger partial charge in [-0.1, -0.05) is 6.07 Å². The van der Waals surface area contributed by atoms with E-state index in [-0.39, 0.29) is 34.5 Å². The number of rotatable bonds is 8. The fourth-order valence-corrected chi connectivity index (χ4v) is 4.37. The average molecular weight is 481 g/mol. The molecule has 0 amide bonds. The number of esters is 1. The quantitative estimate of drug-likeness (QED) is 0.365. The molecule has 7 nitrogen and oxygen atoms in total. The first kappa shape index (κ1) is 23.6. The second kappa shape index (κ2) is 10.0. The number of aromatic carboxylic acids is 1. The molecule has 2 N–H and O–H groups in total. The van der Waals surface area contributed by atoms with E-state index in [0.717, 1.165) is 17.4 Å². The average Bonchev–Trinajstić information content (AvgIpc) is 3.16. The van der Waals surface area contributed by atoms with Crippen LogP contribution in [-0.4, -0.2) is 35.2 Å².